The van der Waals surface area contributed by atoms with Crippen molar-refractivity contribution in [2.45, 2.75) is 18.8 Å². The van der Waals surface area contributed by atoms with Gasteiger partial charge in [-0.2, -0.15) is 5.10 Å². The van der Waals surface area contributed by atoms with Crippen molar-refractivity contribution in [3.05, 3.63) is 107 Å². The van der Waals surface area contributed by atoms with Gasteiger partial charge in [0.2, 0.25) is 0 Å². The van der Waals surface area contributed by atoms with Gasteiger partial charge in [0.25, 0.3) is 5.91 Å². The summed E-state index contributed by atoms with van der Waals surface area (Å²) in [5.41, 5.74) is 3.61. The molecule has 0 N–H and O–H groups in total. The van der Waals surface area contributed by atoms with E-state index in [1.807, 2.05) is 77.7 Å². The highest BCUT2D eigenvalue weighted by Gasteiger charge is 2.29. The number of likely N-dealkylation sites (tertiary alicyclic amines) is 1. The van der Waals surface area contributed by atoms with Gasteiger partial charge in [-0.15, -0.1) is 0 Å². The van der Waals surface area contributed by atoms with E-state index < -0.39 is 0 Å². The van der Waals surface area contributed by atoms with Crippen molar-refractivity contribution in [1.29, 1.82) is 0 Å². The number of benzene rings is 3. The smallest absolute Gasteiger partial charge is 0.339 e. The molecule has 0 saturated carbocycles. The van der Waals surface area contributed by atoms with Crippen molar-refractivity contribution >= 4 is 5.91 Å². The molecule has 0 radical (unpaired) electrons. The number of nitrogens with zero attached hydrogens (tertiary/aromatic N) is 4. The molecule has 5 rings (SSSR count). The van der Waals surface area contributed by atoms with Crippen LogP contribution in [0.25, 0.3) is 16.8 Å². The molecule has 0 spiro atoms. The van der Waals surface area contributed by atoms with Gasteiger partial charge < -0.3 is 4.90 Å². The molecule has 166 valence electrons. The van der Waals surface area contributed by atoms with Crippen molar-refractivity contribution in [1.82, 2.24) is 19.2 Å². The molecule has 3 aromatic carbocycles. The highest BCUT2D eigenvalue weighted by molar-refractivity contribution is 5.94. The Labute approximate surface area is 192 Å². The fourth-order valence-electron chi connectivity index (χ4n) is 4.53. The van der Waals surface area contributed by atoms with E-state index in [0.29, 0.717) is 18.7 Å². The van der Waals surface area contributed by atoms with E-state index >= 15 is 0 Å². The lowest BCUT2D eigenvalue weighted by atomic mass is 9.95. The van der Waals surface area contributed by atoms with Crippen LogP contribution >= 0.6 is 0 Å². The Hall–Kier alpha value is -3.93. The van der Waals surface area contributed by atoms with E-state index in [4.69, 9.17) is 0 Å². The number of hydrogen-bond acceptors (Lipinski definition) is 3. The Kier molecular flexibility index (Phi) is 5.65. The average molecular weight is 439 g/mol. The molecule has 6 heteroatoms. The number of carbonyl (C=O) groups is 1. The number of para-hydroxylation sites is 1. The molecule has 2 heterocycles. The highest BCUT2D eigenvalue weighted by atomic mass is 16.2. The van der Waals surface area contributed by atoms with E-state index in [0.717, 1.165) is 35.5 Å². The second-order valence-electron chi connectivity index (χ2n) is 8.45. The summed E-state index contributed by atoms with van der Waals surface area (Å²) in [6.45, 7) is 1.28. The molecule has 4 aromatic rings. The van der Waals surface area contributed by atoms with Gasteiger partial charge in [0.05, 0.1) is 5.69 Å². The summed E-state index contributed by atoms with van der Waals surface area (Å²) >= 11 is 0. The van der Waals surface area contributed by atoms with Gasteiger partial charge in [-0.05, 0) is 48.2 Å². The predicted octanol–water partition coefficient (Wildman–Crippen LogP) is 4.26. The van der Waals surface area contributed by atoms with E-state index in [-0.39, 0.29) is 17.5 Å². The number of carbonyl (C=O) groups excluding carboxylic acids is 1. The van der Waals surface area contributed by atoms with Crippen molar-refractivity contribution in [3.8, 4) is 16.8 Å². The van der Waals surface area contributed by atoms with E-state index in [9.17, 15) is 9.59 Å². The first-order chi connectivity index (χ1) is 16.1. The summed E-state index contributed by atoms with van der Waals surface area (Å²) in [6, 6.07) is 27.6. The maximum absolute atomic E-state index is 13.1. The van der Waals surface area contributed by atoms with E-state index in [1.165, 1.54) is 4.68 Å². The topological polar surface area (TPSA) is 60.1 Å². The molecule has 0 unspecified atom stereocenters. The van der Waals surface area contributed by atoms with Gasteiger partial charge in [0, 0.05) is 31.6 Å². The van der Waals surface area contributed by atoms with Crippen molar-refractivity contribution in [2.24, 2.45) is 7.05 Å². The SMILES string of the molecule is Cn1nc(C2CCN(C(=O)c3ccc(-c4ccccc4)cc3)CC2)n(-c2ccccc2)c1=O. The Morgan fingerprint density at radius 2 is 1.39 bits per heavy atom. The monoisotopic (exact) mass is 438 g/mol. The number of aryl methyl sites for hydroxylation is 1. The number of amides is 1. The minimum atomic E-state index is -0.145. The minimum Gasteiger partial charge on any atom is -0.339 e. The molecule has 1 fully saturated rings. The lowest BCUT2D eigenvalue weighted by Crippen LogP contribution is -2.38. The first kappa shape index (κ1) is 20.9. The summed E-state index contributed by atoms with van der Waals surface area (Å²) in [5, 5.41) is 4.54. The van der Waals surface area contributed by atoms with Gasteiger partial charge in [-0.1, -0.05) is 60.7 Å². The van der Waals surface area contributed by atoms with Crippen LogP contribution in [0.2, 0.25) is 0 Å². The van der Waals surface area contributed by atoms with Crippen LogP contribution in [0.15, 0.2) is 89.7 Å². The summed E-state index contributed by atoms with van der Waals surface area (Å²) < 4.78 is 3.10. The van der Waals surface area contributed by atoms with Gasteiger partial charge in [0.15, 0.2) is 0 Å². The average Bonchev–Trinajstić information content (AvgIpc) is 3.19. The molecule has 1 aliphatic rings. The van der Waals surface area contributed by atoms with Gasteiger partial charge in [0.1, 0.15) is 5.82 Å². The zero-order valence-electron chi connectivity index (χ0n) is 18.6. The molecule has 6 nitrogen and oxygen atoms in total. The zero-order valence-corrected chi connectivity index (χ0v) is 18.6. The summed E-state index contributed by atoms with van der Waals surface area (Å²) in [5.74, 6) is 0.950. The van der Waals surface area contributed by atoms with Gasteiger partial charge in [-0.25, -0.2) is 14.0 Å². The zero-order chi connectivity index (χ0) is 22.8. The van der Waals surface area contributed by atoms with Crippen molar-refractivity contribution in [2.75, 3.05) is 13.1 Å². The van der Waals surface area contributed by atoms with Crippen molar-refractivity contribution in [3.63, 3.8) is 0 Å². The second-order valence-corrected chi connectivity index (χ2v) is 8.45. The Balaban J connectivity index is 1.30. The summed E-state index contributed by atoms with van der Waals surface area (Å²) in [7, 11) is 1.68. The lowest BCUT2D eigenvalue weighted by molar-refractivity contribution is 0.0710. The van der Waals surface area contributed by atoms with Crippen LogP contribution in [0.1, 0.15) is 34.9 Å². The molecule has 1 amide bonds. The molecule has 0 aliphatic carbocycles. The number of hydrogen-bond donors (Lipinski definition) is 0. The number of aromatic nitrogens is 3. The highest BCUT2D eigenvalue weighted by Crippen LogP contribution is 2.28. The molecule has 33 heavy (non-hydrogen) atoms. The third kappa shape index (κ3) is 4.12. The molecular weight excluding hydrogens is 412 g/mol. The van der Waals surface area contributed by atoms with Crippen LogP contribution < -0.4 is 5.69 Å². The van der Waals surface area contributed by atoms with Crippen LogP contribution in [0.3, 0.4) is 0 Å². The van der Waals surface area contributed by atoms with E-state index in [2.05, 4.69) is 17.2 Å². The predicted molar refractivity (Wildman–Crippen MR) is 129 cm³/mol. The fraction of sp³-hybridized carbons (Fsp3) is 0.222. The lowest BCUT2D eigenvalue weighted by Gasteiger charge is -2.31. The number of rotatable bonds is 4. The minimum absolute atomic E-state index is 0.0505. The number of piperidine rings is 1. The van der Waals surface area contributed by atoms with Crippen LogP contribution in [0.5, 0.6) is 0 Å². The first-order valence-corrected chi connectivity index (χ1v) is 11.3. The normalized spacial score (nSPS) is 14.4. The van der Waals surface area contributed by atoms with Gasteiger partial charge in [-0.3, -0.25) is 4.79 Å². The Bertz CT molecular complexity index is 1300. The molecule has 1 aliphatic heterocycles. The molecule has 0 bridgehead atoms. The van der Waals surface area contributed by atoms with Crippen LogP contribution in [0.4, 0.5) is 0 Å². The third-order valence-corrected chi connectivity index (χ3v) is 6.35. The molecule has 1 aromatic heterocycles. The summed E-state index contributed by atoms with van der Waals surface area (Å²) in [6.07, 6.45) is 1.55. The molecular formula is C27H26N4O2. The summed E-state index contributed by atoms with van der Waals surface area (Å²) in [4.78, 5) is 27.7. The van der Waals surface area contributed by atoms with E-state index in [1.54, 1.807) is 11.6 Å². The quantitative estimate of drug-likeness (QED) is 0.478. The Morgan fingerprint density at radius 3 is 2.03 bits per heavy atom. The molecule has 1 saturated heterocycles. The van der Waals surface area contributed by atoms with Crippen LogP contribution in [-0.2, 0) is 7.05 Å². The molecule has 0 atom stereocenters. The van der Waals surface area contributed by atoms with Crippen LogP contribution in [0, 0.1) is 0 Å². The third-order valence-electron chi connectivity index (χ3n) is 6.35. The fourth-order valence-corrected chi connectivity index (χ4v) is 4.53. The maximum atomic E-state index is 13.1. The first-order valence-electron chi connectivity index (χ1n) is 11.3. The maximum Gasteiger partial charge on any atom is 0.350 e. The van der Waals surface area contributed by atoms with Crippen LogP contribution in [-0.4, -0.2) is 38.2 Å². The largest absolute Gasteiger partial charge is 0.350 e. The second kappa shape index (κ2) is 8.90. The van der Waals surface area contributed by atoms with Gasteiger partial charge >= 0.3 is 5.69 Å². The Morgan fingerprint density at radius 1 is 0.818 bits per heavy atom. The van der Waals surface area contributed by atoms with Crippen molar-refractivity contribution < 1.29 is 4.79 Å². The standard InChI is InChI=1S/C27H26N4O2/c1-29-27(33)31(24-10-6-3-7-11-24)25(28-29)22-16-18-30(19-17-22)26(32)23-14-12-21(13-15-23)20-8-4-2-5-9-20/h2-15,22H,16-19H2,1H3.